The molecule has 0 amide bonds. The number of nitrogens with one attached hydrogen (secondary N) is 2. The number of nitrogens with zero attached hydrogens (tertiary/aromatic N) is 1. The van der Waals surface area contributed by atoms with Gasteiger partial charge in [0.15, 0.2) is 0 Å². The standard InChI is InChI=1S/C13H29N3O3S/c1-5-14-10-12-6-8-16(9-7-12)20(17,18)15-13(2,3)11-19-4/h12,14-15H,5-11H2,1-4H3. The molecule has 1 aliphatic rings. The number of hydrogen-bond donors (Lipinski definition) is 2. The Bertz CT molecular complexity index is 376. The van der Waals surface area contributed by atoms with Gasteiger partial charge >= 0.3 is 0 Å². The van der Waals surface area contributed by atoms with Crippen LogP contribution in [-0.2, 0) is 14.9 Å². The normalized spacial score (nSPS) is 19.4. The van der Waals surface area contributed by atoms with Crippen LogP contribution in [0.15, 0.2) is 0 Å². The van der Waals surface area contributed by atoms with E-state index < -0.39 is 15.7 Å². The van der Waals surface area contributed by atoms with Crippen molar-refractivity contribution in [2.75, 3.05) is 39.9 Å². The summed E-state index contributed by atoms with van der Waals surface area (Å²) in [6, 6.07) is 0. The molecule has 0 aromatic rings. The lowest BCUT2D eigenvalue weighted by Crippen LogP contribution is -2.54. The molecule has 1 rings (SSSR count). The van der Waals surface area contributed by atoms with Crippen LogP contribution in [0.4, 0.5) is 0 Å². The average molecular weight is 307 g/mol. The summed E-state index contributed by atoms with van der Waals surface area (Å²) in [6.07, 6.45) is 1.83. The van der Waals surface area contributed by atoms with Crippen LogP contribution in [0, 0.1) is 5.92 Å². The van der Waals surface area contributed by atoms with Gasteiger partial charge in [0, 0.05) is 20.2 Å². The molecule has 1 saturated heterocycles. The van der Waals surface area contributed by atoms with Crippen molar-refractivity contribution in [3.8, 4) is 0 Å². The molecule has 0 aliphatic carbocycles. The summed E-state index contributed by atoms with van der Waals surface area (Å²) in [5.74, 6) is 0.577. The quantitative estimate of drug-likeness (QED) is 0.688. The maximum absolute atomic E-state index is 12.3. The second kappa shape index (κ2) is 7.70. The van der Waals surface area contributed by atoms with E-state index >= 15 is 0 Å². The van der Waals surface area contributed by atoms with Crippen LogP contribution in [-0.4, -0.2) is 58.2 Å². The second-order valence-electron chi connectivity index (χ2n) is 6.07. The first-order valence-corrected chi connectivity index (χ1v) is 8.73. The molecule has 0 aromatic heterocycles. The monoisotopic (exact) mass is 307 g/mol. The third kappa shape index (κ3) is 5.65. The summed E-state index contributed by atoms with van der Waals surface area (Å²) in [6.45, 7) is 9.21. The third-order valence-corrected chi connectivity index (χ3v) is 5.36. The SMILES string of the molecule is CCNCC1CCN(S(=O)(=O)NC(C)(C)COC)CC1. The average Bonchev–Trinajstić information content (AvgIpc) is 2.35. The Hall–Kier alpha value is -0.210. The summed E-state index contributed by atoms with van der Waals surface area (Å²) in [5, 5.41) is 3.33. The number of piperidine rings is 1. The minimum absolute atomic E-state index is 0.350. The lowest BCUT2D eigenvalue weighted by Gasteiger charge is -2.34. The first kappa shape index (κ1) is 17.8. The molecule has 0 aromatic carbocycles. The van der Waals surface area contributed by atoms with E-state index in [1.807, 2.05) is 13.8 Å². The van der Waals surface area contributed by atoms with E-state index in [1.165, 1.54) is 0 Å². The summed E-state index contributed by atoms with van der Waals surface area (Å²) in [7, 11) is -1.85. The highest BCUT2D eigenvalue weighted by Crippen LogP contribution is 2.19. The van der Waals surface area contributed by atoms with E-state index in [4.69, 9.17) is 4.74 Å². The fraction of sp³-hybridized carbons (Fsp3) is 1.00. The van der Waals surface area contributed by atoms with Crippen molar-refractivity contribution in [2.45, 2.75) is 39.2 Å². The van der Waals surface area contributed by atoms with E-state index in [-0.39, 0.29) is 0 Å². The van der Waals surface area contributed by atoms with Crippen molar-refractivity contribution in [3.05, 3.63) is 0 Å². The van der Waals surface area contributed by atoms with Gasteiger partial charge in [-0.1, -0.05) is 6.92 Å². The van der Waals surface area contributed by atoms with Crippen LogP contribution >= 0.6 is 0 Å². The smallest absolute Gasteiger partial charge is 0.280 e. The highest BCUT2D eigenvalue weighted by molar-refractivity contribution is 7.87. The molecule has 0 bridgehead atoms. The Morgan fingerprint density at radius 2 is 1.90 bits per heavy atom. The Labute approximate surface area is 123 Å². The van der Waals surface area contributed by atoms with Gasteiger partial charge in [-0.15, -0.1) is 0 Å². The molecule has 7 heteroatoms. The van der Waals surface area contributed by atoms with Crippen LogP contribution < -0.4 is 10.0 Å². The van der Waals surface area contributed by atoms with Crippen LogP contribution in [0.2, 0.25) is 0 Å². The topological polar surface area (TPSA) is 70.7 Å². The second-order valence-corrected chi connectivity index (χ2v) is 7.74. The zero-order valence-electron chi connectivity index (χ0n) is 13.1. The molecule has 2 N–H and O–H groups in total. The van der Waals surface area contributed by atoms with Gasteiger partial charge in [-0.05, 0) is 45.7 Å². The molecule has 0 spiro atoms. The van der Waals surface area contributed by atoms with E-state index in [0.29, 0.717) is 25.6 Å². The number of hydrogen-bond acceptors (Lipinski definition) is 4. The van der Waals surface area contributed by atoms with Gasteiger partial charge in [-0.2, -0.15) is 17.4 Å². The number of rotatable bonds is 8. The van der Waals surface area contributed by atoms with Crippen molar-refractivity contribution in [1.82, 2.24) is 14.3 Å². The molecule has 6 nitrogen and oxygen atoms in total. The fourth-order valence-electron chi connectivity index (χ4n) is 2.51. The predicted molar refractivity (Wildman–Crippen MR) is 80.9 cm³/mol. The van der Waals surface area contributed by atoms with Crippen molar-refractivity contribution in [3.63, 3.8) is 0 Å². The lowest BCUT2D eigenvalue weighted by molar-refractivity contribution is 0.139. The summed E-state index contributed by atoms with van der Waals surface area (Å²) in [4.78, 5) is 0. The summed E-state index contributed by atoms with van der Waals surface area (Å²) < 4.78 is 34.0. The van der Waals surface area contributed by atoms with E-state index in [2.05, 4.69) is 17.0 Å². The van der Waals surface area contributed by atoms with Crippen molar-refractivity contribution in [1.29, 1.82) is 0 Å². The number of methoxy groups -OCH3 is 1. The summed E-state index contributed by atoms with van der Waals surface area (Å²) >= 11 is 0. The zero-order chi connectivity index (χ0) is 15.2. The van der Waals surface area contributed by atoms with Gasteiger partial charge < -0.3 is 10.1 Å². The molecule has 0 atom stereocenters. The van der Waals surface area contributed by atoms with Gasteiger partial charge in [0.25, 0.3) is 10.2 Å². The fourth-order valence-corrected chi connectivity index (χ4v) is 4.08. The Kier molecular flexibility index (Phi) is 6.87. The Morgan fingerprint density at radius 1 is 1.30 bits per heavy atom. The zero-order valence-corrected chi connectivity index (χ0v) is 13.9. The Morgan fingerprint density at radius 3 is 2.40 bits per heavy atom. The van der Waals surface area contributed by atoms with E-state index in [1.54, 1.807) is 11.4 Å². The van der Waals surface area contributed by atoms with Crippen molar-refractivity contribution >= 4 is 10.2 Å². The molecule has 0 saturated carbocycles. The van der Waals surface area contributed by atoms with Crippen molar-refractivity contribution in [2.24, 2.45) is 5.92 Å². The van der Waals surface area contributed by atoms with Crippen LogP contribution in [0.5, 0.6) is 0 Å². The maximum atomic E-state index is 12.3. The summed E-state index contributed by atoms with van der Waals surface area (Å²) in [5.41, 5.74) is -0.589. The molecular formula is C13H29N3O3S. The molecule has 1 fully saturated rings. The highest BCUT2D eigenvalue weighted by Gasteiger charge is 2.32. The van der Waals surface area contributed by atoms with E-state index in [9.17, 15) is 8.42 Å². The molecule has 120 valence electrons. The molecule has 0 unspecified atom stereocenters. The maximum Gasteiger partial charge on any atom is 0.280 e. The van der Waals surface area contributed by atoms with Crippen LogP contribution in [0.25, 0.3) is 0 Å². The molecule has 1 aliphatic heterocycles. The molecule has 0 radical (unpaired) electrons. The Balaban J connectivity index is 2.50. The van der Waals surface area contributed by atoms with Crippen LogP contribution in [0.1, 0.15) is 33.6 Å². The first-order valence-electron chi connectivity index (χ1n) is 7.29. The third-order valence-electron chi connectivity index (χ3n) is 3.51. The van der Waals surface area contributed by atoms with Gasteiger partial charge in [-0.3, -0.25) is 0 Å². The van der Waals surface area contributed by atoms with E-state index in [0.717, 1.165) is 25.9 Å². The van der Waals surface area contributed by atoms with Gasteiger partial charge in [0.2, 0.25) is 0 Å². The van der Waals surface area contributed by atoms with Gasteiger partial charge in [0.1, 0.15) is 0 Å². The molecule has 20 heavy (non-hydrogen) atoms. The number of ether oxygens (including phenoxy) is 1. The van der Waals surface area contributed by atoms with Gasteiger partial charge in [0.05, 0.1) is 12.1 Å². The minimum Gasteiger partial charge on any atom is -0.383 e. The lowest BCUT2D eigenvalue weighted by atomic mass is 9.98. The molecule has 1 heterocycles. The van der Waals surface area contributed by atoms with Crippen molar-refractivity contribution < 1.29 is 13.2 Å². The largest absolute Gasteiger partial charge is 0.383 e. The predicted octanol–water partition coefficient (Wildman–Crippen LogP) is 0.567. The van der Waals surface area contributed by atoms with Gasteiger partial charge in [-0.25, -0.2) is 0 Å². The van der Waals surface area contributed by atoms with Crippen LogP contribution in [0.3, 0.4) is 0 Å². The highest BCUT2D eigenvalue weighted by atomic mass is 32.2. The minimum atomic E-state index is -3.42. The first-order chi connectivity index (χ1) is 9.30. The molecular weight excluding hydrogens is 278 g/mol.